The fourth-order valence-corrected chi connectivity index (χ4v) is 6.89. The third-order valence-electron chi connectivity index (χ3n) is 8.31. The molecule has 192 valence electrons. The number of hydrogen-bond acceptors (Lipinski definition) is 4. The molecular weight excluding hydrogens is 496 g/mol. The van der Waals surface area contributed by atoms with Crippen LogP contribution in [0.15, 0.2) is 78.9 Å². The average Bonchev–Trinajstić information content (AvgIpc) is 3.36. The molecule has 3 aliphatic heterocycles. The van der Waals surface area contributed by atoms with E-state index in [0.29, 0.717) is 16.3 Å². The van der Waals surface area contributed by atoms with E-state index in [1.165, 1.54) is 0 Å². The van der Waals surface area contributed by atoms with Crippen LogP contribution in [0, 0.1) is 11.3 Å². The lowest BCUT2D eigenvalue weighted by molar-refractivity contribution is -0.128. The molecule has 1 spiro atoms. The molecule has 0 unspecified atom stereocenters. The lowest BCUT2D eigenvalue weighted by Crippen LogP contribution is -2.51. The van der Waals surface area contributed by atoms with Crippen LogP contribution in [-0.2, 0) is 15.0 Å². The molecule has 5 nitrogen and oxygen atoms in total. The number of allylic oxidation sites excluding steroid dienone is 1. The number of nitrogens with zero attached hydrogens (tertiary/aromatic N) is 1. The first-order valence-corrected chi connectivity index (χ1v) is 13.3. The number of Topliss-reactive ketones (excluding diaryl/α,β-unsaturated/α-hetero) is 2. The maximum atomic E-state index is 14.7. The van der Waals surface area contributed by atoms with E-state index in [0.717, 1.165) is 22.4 Å². The summed E-state index contributed by atoms with van der Waals surface area (Å²) < 4.78 is 0. The van der Waals surface area contributed by atoms with Crippen molar-refractivity contribution in [3.63, 3.8) is 0 Å². The largest absolute Gasteiger partial charge is 0.352 e. The van der Waals surface area contributed by atoms with Crippen LogP contribution in [0.5, 0.6) is 0 Å². The quantitative estimate of drug-likeness (QED) is 0.407. The zero-order valence-electron chi connectivity index (χ0n) is 21.8. The normalized spacial score (nSPS) is 25.4. The number of carbonyl (C=O) groups is 3. The average molecular weight is 525 g/mol. The van der Waals surface area contributed by atoms with Gasteiger partial charge in [0.05, 0.1) is 17.0 Å². The van der Waals surface area contributed by atoms with Gasteiger partial charge < -0.3 is 10.2 Å². The molecule has 3 aromatic rings. The molecule has 1 saturated heterocycles. The molecule has 3 aromatic carbocycles. The molecular formula is C32H29ClN2O3. The summed E-state index contributed by atoms with van der Waals surface area (Å²) >= 11 is 6.57. The molecule has 0 aliphatic carbocycles. The van der Waals surface area contributed by atoms with Crippen LogP contribution in [0.25, 0.3) is 5.57 Å². The summed E-state index contributed by atoms with van der Waals surface area (Å²) in [5.74, 6) is -1.67. The van der Waals surface area contributed by atoms with Crippen LogP contribution < -0.4 is 10.2 Å². The molecule has 0 bridgehead atoms. The Morgan fingerprint density at radius 1 is 0.947 bits per heavy atom. The zero-order valence-corrected chi connectivity index (χ0v) is 22.5. The summed E-state index contributed by atoms with van der Waals surface area (Å²) in [6, 6.07) is 20.9. The Morgan fingerprint density at radius 2 is 1.61 bits per heavy atom. The molecule has 0 radical (unpaired) electrons. The number of anilines is 2. The van der Waals surface area contributed by atoms with E-state index < -0.39 is 28.8 Å². The van der Waals surface area contributed by atoms with E-state index in [1.54, 1.807) is 24.3 Å². The number of nitrogens with one attached hydrogen (secondary N) is 1. The van der Waals surface area contributed by atoms with Crippen molar-refractivity contribution in [3.8, 4) is 0 Å². The molecule has 0 aromatic heterocycles. The van der Waals surface area contributed by atoms with Gasteiger partial charge in [-0.15, -0.1) is 0 Å². The highest BCUT2D eigenvalue weighted by atomic mass is 35.5. The highest BCUT2D eigenvalue weighted by Gasteiger charge is 2.71. The Hall–Kier alpha value is -3.70. The molecule has 1 amide bonds. The molecule has 38 heavy (non-hydrogen) atoms. The number of halogens is 1. The number of rotatable bonds is 3. The van der Waals surface area contributed by atoms with E-state index in [2.05, 4.69) is 11.4 Å². The second-order valence-corrected chi connectivity index (χ2v) is 11.9. The number of benzene rings is 3. The maximum Gasteiger partial charge on any atom is 0.238 e. The monoisotopic (exact) mass is 524 g/mol. The fraction of sp³-hybridized carbons (Fsp3) is 0.281. The van der Waals surface area contributed by atoms with Crippen molar-refractivity contribution in [3.05, 3.63) is 101 Å². The topological polar surface area (TPSA) is 66.5 Å². The van der Waals surface area contributed by atoms with Crippen LogP contribution in [0.1, 0.15) is 49.2 Å². The minimum absolute atomic E-state index is 0.0929. The van der Waals surface area contributed by atoms with Crippen molar-refractivity contribution in [2.45, 2.75) is 45.2 Å². The summed E-state index contributed by atoms with van der Waals surface area (Å²) in [6.07, 6.45) is 2.06. The van der Waals surface area contributed by atoms with E-state index in [1.807, 2.05) is 81.1 Å². The van der Waals surface area contributed by atoms with Gasteiger partial charge in [-0.05, 0) is 42.3 Å². The van der Waals surface area contributed by atoms with Crippen LogP contribution in [0.2, 0.25) is 5.02 Å². The van der Waals surface area contributed by atoms with E-state index in [4.69, 9.17) is 11.6 Å². The van der Waals surface area contributed by atoms with Crippen LogP contribution in [0.4, 0.5) is 11.4 Å². The van der Waals surface area contributed by atoms with Crippen molar-refractivity contribution in [1.29, 1.82) is 0 Å². The molecule has 0 saturated carbocycles. The second-order valence-electron chi connectivity index (χ2n) is 11.5. The van der Waals surface area contributed by atoms with E-state index >= 15 is 0 Å². The summed E-state index contributed by atoms with van der Waals surface area (Å²) in [5, 5.41) is 3.36. The predicted octanol–water partition coefficient (Wildman–Crippen LogP) is 6.32. The van der Waals surface area contributed by atoms with Gasteiger partial charge in [-0.2, -0.15) is 0 Å². The smallest absolute Gasteiger partial charge is 0.238 e. The highest BCUT2D eigenvalue weighted by Crippen LogP contribution is 2.59. The molecule has 1 fully saturated rings. The SMILES string of the molecule is CC1=C[C@@H]2N(c3ccccc31)[C@H](C(=O)C(C)(C)C)[C@@H](C(=O)c1ccccc1Cl)[C@]21C(=O)Nc2ccccc21. The number of ketones is 2. The van der Waals surface area contributed by atoms with Gasteiger partial charge in [0.2, 0.25) is 5.91 Å². The van der Waals surface area contributed by atoms with Crippen molar-refractivity contribution in [1.82, 2.24) is 0 Å². The predicted molar refractivity (Wildman–Crippen MR) is 151 cm³/mol. The number of carbonyl (C=O) groups excluding carboxylic acids is 3. The van der Waals surface area contributed by atoms with E-state index in [-0.39, 0.29) is 17.5 Å². The third kappa shape index (κ3) is 3.21. The summed E-state index contributed by atoms with van der Waals surface area (Å²) in [4.78, 5) is 45.5. The van der Waals surface area contributed by atoms with Crippen molar-refractivity contribution in [2.75, 3.05) is 10.2 Å². The molecule has 3 aliphatic rings. The van der Waals surface area contributed by atoms with Gasteiger partial charge in [0.1, 0.15) is 11.5 Å². The summed E-state index contributed by atoms with van der Waals surface area (Å²) in [6.45, 7) is 7.62. The van der Waals surface area contributed by atoms with Crippen LogP contribution in [0.3, 0.4) is 0 Å². The first kappa shape index (κ1) is 24.6. The number of hydrogen-bond donors (Lipinski definition) is 1. The van der Waals surface area contributed by atoms with Crippen molar-refractivity contribution >= 4 is 46.0 Å². The Bertz CT molecular complexity index is 1550. The van der Waals surface area contributed by atoms with Gasteiger partial charge in [-0.1, -0.05) is 87.0 Å². The van der Waals surface area contributed by atoms with Crippen molar-refractivity contribution in [2.24, 2.45) is 11.3 Å². The van der Waals surface area contributed by atoms with E-state index in [9.17, 15) is 14.4 Å². The third-order valence-corrected chi connectivity index (χ3v) is 8.64. The number of para-hydroxylation sites is 2. The highest BCUT2D eigenvalue weighted by molar-refractivity contribution is 6.34. The summed E-state index contributed by atoms with van der Waals surface area (Å²) in [7, 11) is 0. The van der Waals surface area contributed by atoms with Gasteiger partial charge in [-0.3, -0.25) is 14.4 Å². The van der Waals surface area contributed by atoms with Crippen LogP contribution in [-0.4, -0.2) is 29.6 Å². The molecule has 4 atom stereocenters. The zero-order chi connectivity index (χ0) is 27.0. The molecule has 6 rings (SSSR count). The number of amides is 1. The van der Waals surface area contributed by atoms with Gasteiger partial charge in [0.25, 0.3) is 0 Å². The molecule has 1 N–H and O–H groups in total. The number of fused-ring (bicyclic) bond motifs is 6. The fourth-order valence-electron chi connectivity index (χ4n) is 6.66. The van der Waals surface area contributed by atoms with Gasteiger partial charge in [-0.25, -0.2) is 0 Å². The van der Waals surface area contributed by atoms with Crippen LogP contribution >= 0.6 is 11.6 Å². The van der Waals surface area contributed by atoms with Gasteiger partial charge >= 0.3 is 0 Å². The van der Waals surface area contributed by atoms with Gasteiger partial charge in [0.15, 0.2) is 11.6 Å². The first-order chi connectivity index (χ1) is 18.1. The Kier molecular flexibility index (Phi) is 5.45. The first-order valence-electron chi connectivity index (χ1n) is 12.9. The molecule has 6 heteroatoms. The Morgan fingerprint density at radius 3 is 2.34 bits per heavy atom. The Balaban J connectivity index is 1.72. The standard InChI is InChI=1S/C32H29ClN2O3/c1-18-17-25-32(21-13-7-9-15-23(21)34-30(32)38)26(28(36)20-12-5-8-14-22(20)33)27(29(37)31(2,3)4)35(25)24-16-10-6-11-19(18)24/h5-17,25-27H,1-4H3,(H,34,38)/t25-,26-,27-,32+/m0/s1. The minimum Gasteiger partial charge on any atom is -0.352 e. The van der Waals surface area contributed by atoms with Crippen molar-refractivity contribution < 1.29 is 14.4 Å². The molecule has 3 heterocycles. The maximum absolute atomic E-state index is 14.7. The van der Waals surface area contributed by atoms with Gasteiger partial charge in [0, 0.05) is 27.9 Å². The lowest BCUT2D eigenvalue weighted by Gasteiger charge is -2.39. The summed E-state index contributed by atoms with van der Waals surface area (Å²) in [5.41, 5.74) is 2.48. The minimum atomic E-state index is -1.33. The lowest BCUT2D eigenvalue weighted by atomic mass is 9.63. The second kappa shape index (κ2) is 8.40. The Labute approximate surface area is 227 Å².